The summed E-state index contributed by atoms with van der Waals surface area (Å²) in [4.78, 5) is 8.40. The zero-order valence-electron chi connectivity index (χ0n) is 5.26. The third kappa shape index (κ3) is 2.59. The predicted octanol–water partition coefficient (Wildman–Crippen LogP) is 0.256. The molecule has 1 rings (SSSR count). The molecule has 54 valence electrons. The topological polar surface area (TPSA) is 41.5 Å². The van der Waals surface area contributed by atoms with Gasteiger partial charge in [-0.05, 0) is 25.9 Å². The molecule has 1 fully saturated rings. The van der Waals surface area contributed by atoms with Gasteiger partial charge in [-0.2, -0.15) is 0 Å². The Morgan fingerprint density at radius 2 is 2.11 bits per heavy atom. The highest BCUT2D eigenvalue weighted by Gasteiger charge is 2.11. The maximum absolute atomic E-state index is 8.40. The van der Waals surface area contributed by atoms with Gasteiger partial charge in [0.1, 0.15) is 0 Å². The highest BCUT2D eigenvalue weighted by Crippen LogP contribution is 2.15. The summed E-state index contributed by atoms with van der Waals surface area (Å²) in [5.74, 6) is 0. The van der Waals surface area contributed by atoms with Gasteiger partial charge in [-0.1, -0.05) is 0 Å². The molecular formula is C5H12NO2P. The van der Waals surface area contributed by atoms with Crippen molar-refractivity contribution >= 4 is 9.03 Å². The summed E-state index contributed by atoms with van der Waals surface area (Å²) in [5, 5.41) is 3.21. The van der Waals surface area contributed by atoms with E-state index in [1.807, 2.05) is 0 Å². The van der Waals surface area contributed by atoms with Crippen molar-refractivity contribution in [1.82, 2.24) is 5.32 Å². The lowest BCUT2D eigenvalue weighted by Crippen LogP contribution is -2.31. The van der Waals surface area contributed by atoms with Gasteiger partial charge < -0.3 is 14.7 Å². The van der Waals surface area contributed by atoms with Crippen molar-refractivity contribution < 1.29 is 9.42 Å². The van der Waals surface area contributed by atoms with Gasteiger partial charge in [0.25, 0.3) is 0 Å². The average molecular weight is 149 g/mol. The fraction of sp³-hybridized carbons (Fsp3) is 1.00. The van der Waals surface area contributed by atoms with Gasteiger partial charge in [-0.25, -0.2) is 0 Å². The van der Waals surface area contributed by atoms with E-state index in [0.717, 1.165) is 25.9 Å². The molecule has 1 unspecified atom stereocenters. The molecule has 1 atom stereocenters. The second kappa shape index (κ2) is 4.18. The quantitative estimate of drug-likeness (QED) is 0.553. The van der Waals surface area contributed by atoms with Crippen LogP contribution in [-0.2, 0) is 4.52 Å². The standard InChI is InChI=1S/C5H12NO2P/c7-9-8-5-1-3-6-4-2-5/h5-7,9H,1-4H2. The fourth-order valence-corrected chi connectivity index (χ4v) is 1.37. The Kier molecular flexibility index (Phi) is 3.44. The minimum atomic E-state index is -0.339. The molecule has 4 heteroatoms. The molecule has 1 heterocycles. The SMILES string of the molecule is OPOC1CCNCC1. The zero-order valence-corrected chi connectivity index (χ0v) is 6.26. The molecule has 3 nitrogen and oxygen atoms in total. The van der Waals surface area contributed by atoms with Crippen LogP contribution in [0.2, 0.25) is 0 Å². The van der Waals surface area contributed by atoms with Crippen LogP contribution in [-0.4, -0.2) is 24.1 Å². The fourth-order valence-electron chi connectivity index (χ4n) is 0.988. The number of hydrogen-bond donors (Lipinski definition) is 2. The van der Waals surface area contributed by atoms with Crippen LogP contribution >= 0.6 is 9.03 Å². The highest BCUT2D eigenvalue weighted by molar-refractivity contribution is 7.25. The summed E-state index contributed by atoms with van der Waals surface area (Å²) in [6.07, 6.45) is 2.37. The summed E-state index contributed by atoms with van der Waals surface area (Å²) in [6, 6.07) is 0. The molecule has 1 saturated heterocycles. The van der Waals surface area contributed by atoms with E-state index >= 15 is 0 Å². The van der Waals surface area contributed by atoms with Gasteiger partial charge in [-0.3, -0.25) is 0 Å². The Morgan fingerprint density at radius 3 is 2.67 bits per heavy atom. The first-order valence-electron chi connectivity index (χ1n) is 3.19. The smallest absolute Gasteiger partial charge is 0.152 e. The second-order valence-corrected chi connectivity index (χ2v) is 2.58. The van der Waals surface area contributed by atoms with Crippen LogP contribution in [0.15, 0.2) is 0 Å². The number of rotatable bonds is 2. The monoisotopic (exact) mass is 149 g/mol. The molecule has 0 spiro atoms. The molecular weight excluding hydrogens is 137 g/mol. The van der Waals surface area contributed by atoms with Crippen LogP contribution in [0.25, 0.3) is 0 Å². The van der Waals surface area contributed by atoms with Gasteiger partial charge >= 0.3 is 0 Å². The molecule has 0 aromatic heterocycles. The van der Waals surface area contributed by atoms with E-state index in [0.29, 0.717) is 6.10 Å². The van der Waals surface area contributed by atoms with Crippen LogP contribution in [0.5, 0.6) is 0 Å². The van der Waals surface area contributed by atoms with Gasteiger partial charge in [0.2, 0.25) is 0 Å². The van der Waals surface area contributed by atoms with Gasteiger partial charge in [0.05, 0.1) is 6.10 Å². The molecule has 0 saturated carbocycles. The van der Waals surface area contributed by atoms with Crippen molar-refractivity contribution in [3.05, 3.63) is 0 Å². The summed E-state index contributed by atoms with van der Waals surface area (Å²) < 4.78 is 5.03. The molecule has 9 heavy (non-hydrogen) atoms. The van der Waals surface area contributed by atoms with E-state index in [4.69, 9.17) is 9.42 Å². The Hall–Kier alpha value is 0.310. The van der Waals surface area contributed by atoms with Crippen LogP contribution in [0, 0.1) is 0 Å². The van der Waals surface area contributed by atoms with Crippen LogP contribution in [0.4, 0.5) is 0 Å². The van der Waals surface area contributed by atoms with Gasteiger partial charge in [0.15, 0.2) is 9.03 Å². The molecule has 1 aliphatic rings. The third-order valence-corrected chi connectivity index (χ3v) is 1.94. The maximum atomic E-state index is 8.40. The van der Waals surface area contributed by atoms with Crippen molar-refractivity contribution in [3.63, 3.8) is 0 Å². The van der Waals surface area contributed by atoms with Crippen LogP contribution < -0.4 is 5.32 Å². The summed E-state index contributed by atoms with van der Waals surface area (Å²) in [5.41, 5.74) is 0. The molecule has 1 aliphatic heterocycles. The van der Waals surface area contributed by atoms with Crippen LogP contribution in [0.1, 0.15) is 12.8 Å². The molecule has 2 N–H and O–H groups in total. The van der Waals surface area contributed by atoms with Crippen LogP contribution in [0.3, 0.4) is 0 Å². The van der Waals surface area contributed by atoms with Gasteiger partial charge in [-0.15, -0.1) is 0 Å². The number of nitrogens with one attached hydrogen (secondary N) is 1. The number of piperidine rings is 1. The molecule has 0 aliphatic carbocycles. The lowest BCUT2D eigenvalue weighted by atomic mass is 10.1. The second-order valence-electron chi connectivity index (χ2n) is 2.16. The van der Waals surface area contributed by atoms with Crippen molar-refractivity contribution in [2.24, 2.45) is 0 Å². The molecule has 0 aromatic rings. The Balaban J connectivity index is 2.08. The highest BCUT2D eigenvalue weighted by atomic mass is 31.1. The first-order chi connectivity index (χ1) is 4.43. The minimum absolute atomic E-state index is 0.301. The minimum Gasteiger partial charge on any atom is -0.352 e. The average Bonchev–Trinajstić information content (AvgIpc) is 1.91. The van der Waals surface area contributed by atoms with E-state index in [1.54, 1.807) is 0 Å². The Bertz CT molecular complexity index is 72.6. The molecule has 0 amide bonds. The predicted molar refractivity (Wildman–Crippen MR) is 37.5 cm³/mol. The molecule has 0 radical (unpaired) electrons. The summed E-state index contributed by atoms with van der Waals surface area (Å²) in [7, 11) is -0.339. The van der Waals surface area contributed by atoms with E-state index in [2.05, 4.69) is 5.32 Å². The van der Waals surface area contributed by atoms with E-state index < -0.39 is 0 Å². The lowest BCUT2D eigenvalue weighted by Gasteiger charge is -2.20. The normalized spacial score (nSPS) is 23.7. The summed E-state index contributed by atoms with van der Waals surface area (Å²) in [6.45, 7) is 2.05. The van der Waals surface area contributed by atoms with Crippen molar-refractivity contribution in [2.45, 2.75) is 18.9 Å². The van der Waals surface area contributed by atoms with Crippen molar-refractivity contribution in [3.8, 4) is 0 Å². The van der Waals surface area contributed by atoms with Crippen molar-refractivity contribution in [1.29, 1.82) is 0 Å². The van der Waals surface area contributed by atoms with Crippen molar-refractivity contribution in [2.75, 3.05) is 13.1 Å². The Morgan fingerprint density at radius 1 is 1.44 bits per heavy atom. The number of hydrogen-bond acceptors (Lipinski definition) is 3. The molecule has 0 aromatic carbocycles. The molecule has 0 bridgehead atoms. The van der Waals surface area contributed by atoms with E-state index in [1.165, 1.54) is 0 Å². The largest absolute Gasteiger partial charge is 0.352 e. The summed E-state index contributed by atoms with van der Waals surface area (Å²) >= 11 is 0. The first kappa shape index (κ1) is 7.42. The lowest BCUT2D eigenvalue weighted by molar-refractivity contribution is 0.172. The van der Waals surface area contributed by atoms with E-state index in [-0.39, 0.29) is 9.03 Å². The van der Waals surface area contributed by atoms with Gasteiger partial charge in [0, 0.05) is 0 Å². The Labute approximate surface area is 56.7 Å². The zero-order chi connectivity index (χ0) is 6.53. The third-order valence-electron chi connectivity index (χ3n) is 1.51. The van der Waals surface area contributed by atoms with E-state index in [9.17, 15) is 0 Å². The maximum Gasteiger partial charge on any atom is 0.152 e. The first-order valence-corrected chi connectivity index (χ1v) is 4.04.